The average molecular weight is 354 g/mol. The molecule has 0 aliphatic rings. The maximum atomic E-state index is 12.3. The van der Waals surface area contributed by atoms with E-state index < -0.39 is 0 Å². The van der Waals surface area contributed by atoms with Crippen molar-refractivity contribution in [2.75, 3.05) is 5.32 Å². The quantitative estimate of drug-likeness (QED) is 0.712. The third-order valence-electron chi connectivity index (χ3n) is 3.44. The van der Waals surface area contributed by atoms with E-state index >= 15 is 0 Å². The maximum Gasteiger partial charge on any atom is 0.270 e. The lowest BCUT2D eigenvalue weighted by Gasteiger charge is -2.08. The van der Waals surface area contributed by atoms with Crippen molar-refractivity contribution in [3.63, 3.8) is 0 Å². The third kappa shape index (κ3) is 4.74. The number of rotatable bonds is 6. The van der Waals surface area contributed by atoms with Gasteiger partial charge >= 0.3 is 0 Å². The molecule has 2 N–H and O–H groups in total. The standard InChI is InChI=1S/C18H16ClN5O/c19-15-7-2-1-5-13(15)11-22-17(25)16-8-10-21-18(24-16)23-12-14-6-3-4-9-20-14/h1-10H,11-12H2,(H,22,25)(H,21,23,24). The number of halogens is 1. The normalized spacial score (nSPS) is 10.3. The van der Waals surface area contributed by atoms with E-state index in [2.05, 4.69) is 25.6 Å². The summed E-state index contributed by atoms with van der Waals surface area (Å²) in [7, 11) is 0. The fraction of sp³-hybridized carbons (Fsp3) is 0.111. The van der Waals surface area contributed by atoms with Gasteiger partial charge < -0.3 is 10.6 Å². The van der Waals surface area contributed by atoms with E-state index in [9.17, 15) is 4.79 Å². The van der Waals surface area contributed by atoms with Gasteiger partial charge in [-0.3, -0.25) is 9.78 Å². The summed E-state index contributed by atoms with van der Waals surface area (Å²) in [4.78, 5) is 24.8. The van der Waals surface area contributed by atoms with Crippen LogP contribution in [0.25, 0.3) is 0 Å². The summed E-state index contributed by atoms with van der Waals surface area (Å²) in [5.41, 5.74) is 1.99. The topological polar surface area (TPSA) is 79.8 Å². The Bertz CT molecular complexity index is 857. The van der Waals surface area contributed by atoms with Crippen molar-refractivity contribution in [1.82, 2.24) is 20.3 Å². The molecular weight excluding hydrogens is 338 g/mol. The Kier molecular flexibility index (Phi) is 5.53. The van der Waals surface area contributed by atoms with Crippen LogP contribution in [0.4, 0.5) is 5.95 Å². The molecule has 0 saturated carbocycles. The molecular formula is C18H16ClN5O. The minimum atomic E-state index is -0.289. The summed E-state index contributed by atoms with van der Waals surface area (Å²) in [5, 5.41) is 6.47. The highest BCUT2D eigenvalue weighted by molar-refractivity contribution is 6.31. The molecule has 126 valence electrons. The highest BCUT2D eigenvalue weighted by Crippen LogP contribution is 2.14. The molecule has 25 heavy (non-hydrogen) atoms. The van der Waals surface area contributed by atoms with Crippen LogP contribution >= 0.6 is 11.6 Å². The van der Waals surface area contributed by atoms with E-state index in [1.165, 1.54) is 6.20 Å². The van der Waals surface area contributed by atoms with Crippen molar-refractivity contribution in [1.29, 1.82) is 0 Å². The monoisotopic (exact) mass is 353 g/mol. The zero-order valence-corrected chi connectivity index (χ0v) is 14.1. The SMILES string of the molecule is O=C(NCc1ccccc1Cl)c1ccnc(NCc2ccccn2)n1. The van der Waals surface area contributed by atoms with Gasteiger partial charge in [-0.2, -0.15) is 0 Å². The van der Waals surface area contributed by atoms with Crippen LogP contribution < -0.4 is 10.6 Å². The summed E-state index contributed by atoms with van der Waals surface area (Å²) in [6, 6.07) is 14.6. The molecule has 0 bridgehead atoms. The number of hydrogen-bond donors (Lipinski definition) is 2. The fourth-order valence-corrected chi connectivity index (χ4v) is 2.35. The second-order valence-electron chi connectivity index (χ2n) is 5.21. The first-order chi connectivity index (χ1) is 12.2. The molecule has 0 unspecified atom stereocenters. The Labute approximate surface area is 150 Å². The van der Waals surface area contributed by atoms with E-state index in [1.54, 1.807) is 18.3 Å². The van der Waals surface area contributed by atoms with Crippen LogP contribution in [0.1, 0.15) is 21.7 Å². The molecule has 3 rings (SSSR count). The van der Waals surface area contributed by atoms with Crippen LogP contribution in [0.2, 0.25) is 5.02 Å². The third-order valence-corrected chi connectivity index (χ3v) is 3.81. The van der Waals surface area contributed by atoms with Gasteiger partial charge in [0.1, 0.15) is 5.69 Å². The van der Waals surface area contributed by atoms with Crippen molar-refractivity contribution in [2.45, 2.75) is 13.1 Å². The van der Waals surface area contributed by atoms with Crippen LogP contribution in [0, 0.1) is 0 Å². The van der Waals surface area contributed by atoms with Crippen LogP contribution in [0.3, 0.4) is 0 Å². The molecule has 0 aliphatic carbocycles. The first kappa shape index (κ1) is 16.9. The van der Waals surface area contributed by atoms with Gasteiger partial charge in [0.25, 0.3) is 5.91 Å². The Hall–Kier alpha value is -2.99. The Morgan fingerprint density at radius 2 is 1.80 bits per heavy atom. The Morgan fingerprint density at radius 1 is 0.960 bits per heavy atom. The number of benzene rings is 1. The Balaban J connectivity index is 1.60. The van der Waals surface area contributed by atoms with Gasteiger partial charge in [0.2, 0.25) is 5.95 Å². The van der Waals surface area contributed by atoms with E-state index in [4.69, 9.17) is 11.6 Å². The molecule has 7 heteroatoms. The molecule has 1 amide bonds. The highest BCUT2D eigenvalue weighted by atomic mass is 35.5. The molecule has 0 fully saturated rings. The molecule has 1 aromatic carbocycles. The summed E-state index contributed by atoms with van der Waals surface area (Å²) in [6.45, 7) is 0.810. The van der Waals surface area contributed by atoms with Crippen molar-refractivity contribution < 1.29 is 4.79 Å². The summed E-state index contributed by atoms with van der Waals surface area (Å²) in [6.07, 6.45) is 3.26. The minimum absolute atomic E-state index is 0.283. The van der Waals surface area contributed by atoms with E-state index in [1.807, 2.05) is 36.4 Å². The van der Waals surface area contributed by atoms with E-state index in [-0.39, 0.29) is 11.6 Å². The second-order valence-corrected chi connectivity index (χ2v) is 5.62. The number of amides is 1. The van der Waals surface area contributed by atoms with E-state index in [0.29, 0.717) is 24.1 Å². The van der Waals surface area contributed by atoms with Crippen molar-refractivity contribution in [3.8, 4) is 0 Å². The first-order valence-corrected chi connectivity index (χ1v) is 8.08. The lowest BCUT2D eigenvalue weighted by atomic mass is 10.2. The van der Waals surface area contributed by atoms with Crippen molar-refractivity contribution in [3.05, 3.63) is 82.9 Å². The molecule has 3 aromatic rings. The number of nitrogens with one attached hydrogen (secondary N) is 2. The number of nitrogens with zero attached hydrogens (tertiary/aromatic N) is 3. The van der Waals surface area contributed by atoms with E-state index in [0.717, 1.165) is 11.3 Å². The van der Waals surface area contributed by atoms with Gasteiger partial charge in [-0.1, -0.05) is 35.9 Å². The molecule has 0 atom stereocenters. The lowest BCUT2D eigenvalue weighted by Crippen LogP contribution is -2.24. The number of hydrogen-bond acceptors (Lipinski definition) is 5. The van der Waals surface area contributed by atoms with Gasteiger partial charge in [0.15, 0.2) is 0 Å². The maximum absolute atomic E-state index is 12.3. The van der Waals surface area contributed by atoms with Gasteiger partial charge in [0, 0.05) is 24.0 Å². The number of aromatic nitrogens is 3. The van der Waals surface area contributed by atoms with Gasteiger partial charge in [0.05, 0.1) is 12.2 Å². The smallest absolute Gasteiger partial charge is 0.270 e. The predicted molar refractivity (Wildman–Crippen MR) is 96.2 cm³/mol. The predicted octanol–water partition coefficient (Wildman–Crippen LogP) is 3.07. The van der Waals surface area contributed by atoms with Crippen molar-refractivity contribution >= 4 is 23.5 Å². The number of carbonyl (C=O) groups excluding carboxylic acids is 1. The molecule has 0 aliphatic heterocycles. The van der Waals surface area contributed by atoms with Crippen LogP contribution in [-0.4, -0.2) is 20.9 Å². The molecule has 2 heterocycles. The largest absolute Gasteiger partial charge is 0.349 e. The number of pyridine rings is 1. The molecule has 6 nitrogen and oxygen atoms in total. The molecule has 0 saturated heterocycles. The fourth-order valence-electron chi connectivity index (χ4n) is 2.15. The average Bonchev–Trinajstić information content (AvgIpc) is 2.66. The van der Waals surface area contributed by atoms with Gasteiger partial charge in [-0.15, -0.1) is 0 Å². The molecule has 2 aromatic heterocycles. The first-order valence-electron chi connectivity index (χ1n) is 7.71. The van der Waals surface area contributed by atoms with Crippen LogP contribution in [0.5, 0.6) is 0 Å². The second kappa shape index (κ2) is 8.21. The van der Waals surface area contributed by atoms with Gasteiger partial charge in [-0.05, 0) is 29.8 Å². The lowest BCUT2D eigenvalue weighted by molar-refractivity contribution is 0.0946. The number of anilines is 1. The summed E-state index contributed by atoms with van der Waals surface area (Å²) >= 11 is 6.09. The minimum Gasteiger partial charge on any atom is -0.349 e. The zero-order chi connectivity index (χ0) is 17.5. The Morgan fingerprint density at radius 3 is 2.60 bits per heavy atom. The summed E-state index contributed by atoms with van der Waals surface area (Å²) < 4.78 is 0. The zero-order valence-electron chi connectivity index (χ0n) is 13.3. The van der Waals surface area contributed by atoms with Crippen LogP contribution in [-0.2, 0) is 13.1 Å². The van der Waals surface area contributed by atoms with Gasteiger partial charge in [-0.25, -0.2) is 9.97 Å². The highest BCUT2D eigenvalue weighted by Gasteiger charge is 2.09. The van der Waals surface area contributed by atoms with Crippen LogP contribution in [0.15, 0.2) is 60.9 Å². The van der Waals surface area contributed by atoms with Crippen molar-refractivity contribution in [2.24, 2.45) is 0 Å². The molecule has 0 radical (unpaired) electrons. The number of carbonyl (C=O) groups is 1. The summed E-state index contributed by atoms with van der Waals surface area (Å²) in [5.74, 6) is 0.0826. The molecule has 0 spiro atoms.